The zero-order valence-electron chi connectivity index (χ0n) is 11.3. The first-order valence-electron chi connectivity index (χ1n) is 6.65. The van der Waals surface area contributed by atoms with Crippen molar-refractivity contribution < 1.29 is 9.59 Å². The molecule has 0 bridgehead atoms. The number of fused-ring (bicyclic) bond motifs is 1. The van der Waals surface area contributed by atoms with Crippen LogP contribution in [0.4, 0.5) is 0 Å². The maximum Gasteiger partial charge on any atom is 0.240 e. The Kier molecular flexibility index (Phi) is 5.12. The fraction of sp³-hybridized carbons (Fsp3) is 0.846. The number of hydrogen-bond donors (Lipinski definition) is 1. The SMILES string of the molecule is CC.CNC1CCC2CCC(C(C)=O)N2C1=O. The van der Waals surface area contributed by atoms with E-state index in [-0.39, 0.29) is 23.8 Å². The molecule has 1 amide bonds. The van der Waals surface area contributed by atoms with Crippen LogP contribution >= 0.6 is 0 Å². The van der Waals surface area contributed by atoms with Crippen LogP contribution in [0, 0.1) is 0 Å². The standard InChI is InChI=1S/C11H18N2O2.C2H6/c1-7(14)10-6-4-8-3-5-9(12-2)11(15)13(8)10;1-2/h8-10,12H,3-6H2,1-2H3;1-2H3. The van der Waals surface area contributed by atoms with Crippen LogP contribution in [0.5, 0.6) is 0 Å². The van der Waals surface area contributed by atoms with E-state index < -0.39 is 0 Å². The zero-order chi connectivity index (χ0) is 13.0. The zero-order valence-corrected chi connectivity index (χ0v) is 11.3. The normalized spacial score (nSPS) is 31.6. The van der Waals surface area contributed by atoms with E-state index in [4.69, 9.17) is 0 Å². The molecule has 2 fully saturated rings. The highest BCUT2D eigenvalue weighted by atomic mass is 16.2. The molecule has 0 aromatic carbocycles. The van der Waals surface area contributed by atoms with Gasteiger partial charge in [-0.2, -0.15) is 0 Å². The minimum absolute atomic E-state index is 0.0822. The van der Waals surface area contributed by atoms with Crippen LogP contribution in [0.2, 0.25) is 0 Å². The molecule has 2 aliphatic rings. The Morgan fingerprint density at radius 3 is 2.35 bits per heavy atom. The Labute approximate surface area is 104 Å². The summed E-state index contributed by atoms with van der Waals surface area (Å²) in [7, 11) is 1.81. The van der Waals surface area contributed by atoms with Gasteiger partial charge in [-0.05, 0) is 39.7 Å². The van der Waals surface area contributed by atoms with Crippen molar-refractivity contribution >= 4 is 11.7 Å². The third-order valence-electron chi connectivity index (χ3n) is 3.66. The molecule has 3 atom stereocenters. The molecule has 0 aliphatic carbocycles. The van der Waals surface area contributed by atoms with Gasteiger partial charge >= 0.3 is 0 Å². The highest BCUT2D eigenvalue weighted by Crippen LogP contribution is 2.32. The summed E-state index contributed by atoms with van der Waals surface area (Å²) in [6, 6.07) is 0.0795. The quantitative estimate of drug-likeness (QED) is 0.792. The average molecular weight is 240 g/mol. The number of amides is 1. The number of nitrogens with one attached hydrogen (secondary N) is 1. The smallest absolute Gasteiger partial charge is 0.240 e. The van der Waals surface area contributed by atoms with E-state index in [1.54, 1.807) is 6.92 Å². The summed E-state index contributed by atoms with van der Waals surface area (Å²) in [5.74, 6) is 0.244. The number of hydrogen-bond acceptors (Lipinski definition) is 3. The molecule has 4 heteroatoms. The molecule has 2 aliphatic heterocycles. The average Bonchev–Trinajstić information content (AvgIpc) is 2.77. The van der Waals surface area contributed by atoms with Gasteiger partial charge in [0.15, 0.2) is 5.78 Å². The molecule has 98 valence electrons. The summed E-state index contributed by atoms with van der Waals surface area (Å²) in [6.45, 7) is 5.59. The Balaban J connectivity index is 0.000000686. The van der Waals surface area contributed by atoms with Gasteiger partial charge in [0.2, 0.25) is 5.91 Å². The largest absolute Gasteiger partial charge is 0.328 e. The molecule has 2 heterocycles. The van der Waals surface area contributed by atoms with Gasteiger partial charge in [-0.15, -0.1) is 0 Å². The lowest BCUT2D eigenvalue weighted by molar-refractivity contribution is -0.143. The number of rotatable bonds is 2. The van der Waals surface area contributed by atoms with Gasteiger partial charge in [-0.1, -0.05) is 13.8 Å². The van der Waals surface area contributed by atoms with Crippen LogP contribution in [0.25, 0.3) is 0 Å². The number of carbonyl (C=O) groups is 2. The molecule has 0 aromatic heterocycles. The number of nitrogens with zero attached hydrogens (tertiary/aromatic N) is 1. The Morgan fingerprint density at radius 1 is 1.24 bits per heavy atom. The third-order valence-corrected chi connectivity index (χ3v) is 3.66. The Hall–Kier alpha value is -0.900. The molecule has 0 spiro atoms. The summed E-state index contributed by atoms with van der Waals surface area (Å²) in [5.41, 5.74) is 0. The fourth-order valence-corrected chi connectivity index (χ4v) is 2.83. The molecule has 17 heavy (non-hydrogen) atoms. The summed E-state index contributed by atoms with van der Waals surface area (Å²) in [6.07, 6.45) is 3.77. The van der Waals surface area contributed by atoms with Gasteiger partial charge in [-0.3, -0.25) is 9.59 Å². The first-order chi connectivity index (χ1) is 8.15. The lowest BCUT2D eigenvalue weighted by Gasteiger charge is -2.37. The van der Waals surface area contributed by atoms with E-state index in [1.807, 2.05) is 25.8 Å². The van der Waals surface area contributed by atoms with Crippen molar-refractivity contribution in [3.05, 3.63) is 0 Å². The van der Waals surface area contributed by atoms with E-state index in [9.17, 15) is 9.59 Å². The summed E-state index contributed by atoms with van der Waals surface area (Å²) in [5, 5.41) is 3.02. The Bertz CT molecular complexity index is 291. The number of Topliss-reactive ketones (excluding diaryl/α,β-unsaturated/α-hetero) is 1. The van der Waals surface area contributed by atoms with Crippen molar-refractivity contribution in [2.45, 2.75) is 64.6 Å². The monoisotopic (exact) mass is 240 g/mol. The van der Waals surface area contributed by atoms with Gasteiger partial charge < -0.3 is 10.2 Å². The summed E-state index contributed by atoms with van der Waals surface area (Å²) in [4.78, 5) is 25.3. The van der Waals surface area contributed by atoms with Crippen molar-refractivity contribution in [1.29, 1.82) is 0 Å². The van der Waals surface area contributed by atoms with Crippen molar-refractivity contribution in [3.8, 4) is 0 Å². The van der Waals surface area contributed by atoms with Crippen LogP contribution in [-0.2, 0) is 9.59 Å². The first kappa shape index (κ1) is 14.2. The van der Waals surface area contributed by atoms with Gasteiger partial charge in [0.1, 0.15) is 0 Å². The van der Waals surface area contributed by atoms with Gasteiger partial charge in [-0.25, -0.2) is 0 Å². The lowest BCUT2D eigenvalue weighted by atomic mass is 9.98. The predicted molar refractivity (Wildman–Crippen MR) is 67.8 cm³/mol. The van der Waals surface area contributed by atoms with Gasteiger partial charge in [0.05, 0.1) is 12.1 Å². The van der Waals surface area contributed by atoms with E-state index in [1.165, 1.54) is 0 Å². The van der Waals surface area contributed by atoms with Crippen LogP contribution in [0.15, 0.2) is 0 Å². The second-order valence-electron chi connectivity index (χ2n) is 4.52. The van der Waals surface area contributed by atoms with E-state index in [0.717, 1.165) is 25.7 Å². The topological polar surface area (TPSA) is 49.4 Å². The second-order valence-corrected chi connectivity index (χ2v) is 4.52. The summed E-state index contributed by atoms with van der Waals surface area (Å²) >= 11 is 0. The maximum atomic E-state index is 12.1. The van der Waals surface area contributed by atoms with Crippen molar-refractivity contribution in [1.82, 2.24) is 10.2 Å². The minimum Gasteiger partial charge on any atom is -0.328 e. The van der Waals surface area contributed by atoms with Crippen LogP contribution in [0.3, 0.4) is 0 Å². The fourth-order valence-electron chi connectivity index (χ4n) is 2.83. The number of likely N-dealkylation sites (N-methyl/N-ethyl adjacent to an activating group) is 1. The highest BCUT2D eigenvalue weighted by Gasteiger charge is 2.44. The summed E-state index contributed by atoms with van der Waals surface area (Å²) < 4.78 is 0. The van der Waals surface area contributed by atoms with Crippen molar-refractivity contribution in [3.63, 3.8) is 0 Å². The predicted octanol–water partition coefficient (Wildman–Crippen LogP) is 1.34. The molecular weight excluding hydrogens is 216 g/mol. The molecule has 0 radical (unpaired) electrons. The van der Waals surface area contributed by atoms with E-state index in [0.29, 0.717) is 6.04 Å². The van der Waals surface area contributed by atoms with Gasteiger partial charge in [0, 0.05) is 6.04 Å². The van der Waals surface area contributed by atoms with Crippen molar-refractivity contribution in [2.24, 2.45) is 0 Å². The first-order valence-corrected chi connectivity index (χ1v) is 6.65. The number of piperidine rings is 1. The molecule has 0 aromatic rings. The molecular formula is C13H24N2O2. The number of ketones is 1. The molecule has 2 saturated heterocycles. The highest BCUT2D eigenvalue weighted by molar-refractivity contribution is 5.91. The van der Waals surface area contributed by atoms with Gasteiger partial charge in [0.25, 0.3) is 0 Å². The second kappa shape index (κ2) is 6.15. The molecule has 2 rings (SSSR count). The number of carbonyl (C=O) groups excluding carboxylic acids is 2. The molecule has 0 saturated carbocycles. The Morgan fingerprint density at radius 2 is 1.82 bits per heavy atom. The van der Waals surface area contributed by atoms with E-state index >= 15 is 0 Å². The molecule has 1 N–H and O–H groups in total. The van der Waals surface area contributed by atoms with Crippen LogP contribution < -0.4 is 5.32 Å². The third kappa shape index (κ3) is 2.68. The van der Waals surface area contributed by atoms with Crippen LogP contribution in [-0.4, -0.2) is 41.8 Å². The lowest BCUT2D eigenvalue weighted by Crippen LogP contribution is -2.55. The van der Waals surface area contributed by atoms with Crippen molar-refractivity contribution in [2.75, 3.05) is 7.05 Å². The van der Waals surface area contributed by atoms with E-state index in [2.05, 4.69) is 5.32 Å². The molecule has 3 unspecified atom stereocenters. The van der Waals surface area contributed by atoms with Crippen LogP contribution in [0.1, 0.15) is 46.5 Å². The minimum atomic E-state index is -0.154. The maximum absolute atomic E-state index is 12.1. The molecule has 4 nitrogen and oxygen atoms in total.